The van der Waals surface area contributed by atoms with Crippen LogP contribution in [0.4, 0.5) is 0 Å². The number of amides is 3. The zero-order chi connectivity index (χ0) is 14.0. The smallest absolute Gasteiger partial charge is 0.326 e. The number of carbonyl (C=O) groups excluding carboxylic acids is 4. The van der Waals surface area contributed by atoms with E-state index in [1.165, 1.54) is 0 Å². The topological polar surface area (TPSA) is 107 Å². The normalized spacial score (nSPS) is 25.4. The Balaban J connectivity index is 1.98. The molecule has 0 aromatic heterocycles. The number of nitrogens with zero attached hydrogens (tertiary/aromatic N) is 1. The molecular weight excluding hydrogens is 252 g/mol. The van der Waals surface area contributed by atoms with Gasteiger partial charge < -0.3 is 10.5 Å². The van der Waals surface area contributed by atoms with Gasteiger partial charge in [-0.1, -0.05) is 12.2 Å². The number of hydrogen-bond acceptors (Lipinski definition) is 5. The van der Waals surface area contributed by atoms with E-state index in [9.17, 15) is 19.2 Å². The lowest BCUT2D eigenvalue weighted by Crippen LogP contribution is -2.37. The molecule has 1 heterocycles. The molecule has 7 heteroatoms. The third-order valence-corrected chi connectivity index (χ3v) is 3.26. The molecule has 0 aromatic carbocycles. The Hall–Kier alpha value is -2.18. The lowest BCUT2D eigenvalue weighted by Gasteiger charge is -2.14. The summed E-state index contributed by atoms with van der Waals surface area (Å²) in [6.07, 6.45) is 4.76. The van der Waals surface area contributed by atoms with Crippen molar-refractivity contribution in [2.24, 2.45) is 17.6 Å². The summed E-state index contributed by atoms with van der Waals surface area (Å²) in [4.78, 5) is 46.8. The van der Waals surface area contributed by atoms with Gasteiger partial charge in [-0.2, -0.15) is 0 Å². The van der Waals surface area contributed by atoms with E-state index in [-0.39, 0.29) is 23.7 Å². The molecule has 2 aliphatic rings. The first-order valence-corrected chi connectivity index (χ1v) is 5.95. The highest BCUT2D eigenvalue weighted by atomic mass is 16.5. The van der Waals surface area contributed by atoms with E-state index in [1.54, 1.807) is 0 Å². The molecule has 1 fully saturated rings. The molecule has 0 saturated carbocycles. The van der Waals surface area contributed by atoms with E-state index in [0.717, 1.165) is 4.90 Å². The van der Waals surface area contributed by atoms with E-state index in [1.807, 2.05) is 12.2 Å². The minimum absolute atomic E-state index is 0.352. The van der Waals surface area contributed by atoms with Crippen molar-refractivity contribution in [2.45, 2.75) is 12.8 Å². The van der Waals surface area contributed by atoms with Crippen LogP contribution in [0.3, 0.4) is 0 Å². The number of likely N-dealkylation sites (tertiary alicyclic amines) is 1. The van der Waals surface area contributed by atoms with E-state index < -0.39 is 25.0 Å². The molecule has 3 amide bonds. The fraction of sp³-hybridized carbons (Fsp3) is 0.500. The van der Waals surface area contributed by atoms with Crippen LogP contribution in [-0.4, -0.2) is 41.7 Å². The molecule has 1 saturated heterocycles. The van der Waals surface area contributed by atoms with Crippen molar-refractivity contribution in [3.63, 3.8) is 0 Å². The van der Waals surface area contributed by atoms with Crippen molar-refractivity contribution in [1.29, 1.82) is 0 Å². The van der Waals surface area contributed by atoms with Gasteiger partial charge in [-0.25, -0.2) is 0 Å². The molecule has 2 N–H and O–H groups in total. The van der Waals surface area contributed by atoms with Crippen molar-refractivity contribution >= 4 is 23.7 Å². The Morgan fingerprint density at radius 1 is 1.21 bits per heavy atom. The predicted octanol–water partition coefficient (Wildman–Crippen LogP) is -1.03. The molecule has 7 nitrogen and oxygen atoms in total. The van der Waals surface area contributed by atoms with E-state index >= 15 is 0 Å². The number of ether oxygens (including phenoxy) is 1. The van der Waals surface area contributed by atoms with Gasteiger partial charge >= 0.3 is 5.97 Å². The van der Waals surface area contributed by atoms with Crippen LogP contribution in [0.2, 0.25) is 0 Å². The summed E-state index contributed by atoms with van der Waals surface area (Å²) in [6, 6.07) is 0. The number of hydrogen-bond donors (Lipinski definition) is 1. The summed E-state index contributed by atoms with van der Waals surface area (Å²) in [7, 11) is 0. The van der Waals surface area contributed by atoms with Crippen LogP contribution in [0, 0.1) is 11.8 Å². The summed E-state index contributed by atoms with van der Waals surface area (Å²) >= 11 is 0. The first-order chi connectivity index (χ1) is 9.00. The molecule has 0 bridgehead atoms. The van der Waals surface area contributed by atoms with Gasteiger partial charge in [0.25, 0.3) is 5.91 Å². The predicted molar refractivity (Wildman–Crippen MR) is 62.2 cm³/mol. The summed E-state index contributed by atoms with van der Waals surface area (Å²) < 4.78 is 4.54. The minimum atomic E-state index is -0.813. The van der Waals surface area contributed by atoms with Crippen molar-refractivity contribution in [3.8, 4) is 0 Å². The fourth-order valence-electron chi connectivity index (χ4n) is 2.35. The monoisotopic (exact) mass is 266 g/mol. The molecular formula is C12H14N2O5. The SMILES string of the molecule is NC(=O)COC(=O)CN1C(=O)[C@@H]2CC=CC[C@H]2C1=O. The highest BCUT2D eigenvalue weighted by Gasteiger charge is 2.47. The van der Waals surface area contributed by atoms with Gasteiger partial charge in [0.15, 0.2) is 6.61 Å². The quantitative estimate of drug-likeness (QED) is 0.397. The Morgan fingerprint density at radius 3 is 2.21 bits per heavy atom. The van der Waals surface area contributed by atoms with Crippen LogP contribution in [-0.2, 0) is 23.9 Å². The third kappa shape index (κ3) is 2.64. The van der Waals surface area contributed by atoms with E-state index in [2.05, 4.69) is 4.74 Å². The van der Waals surface area contributed by atoms with Crippen LogP contribution in [0.15, 0.2) is 12.2 Å². The number of carbonyl (C=O) groups is 4. The molecule has 0 unspecified atom stereocenters. The number of nitrogens with two attached hydrogens (primary N) is 1. The number of rotatable bonds is 4. The third-order valence-electron chi connectivity index (χ3n) is 3.26. The first kappa shape index (κ1) is 13.3. The first-order valence-electron chi connectivity index (χ1n) is 5.95. The Kier molecular flexibility index (Phi) is 3.64. The highest BCUT2D eigenvalue weighted by molar-refractivity contribution is 6.07. The number of fused-ring (bicyclic) bond motifs is 1. The molecule has 1 aliphatic heterocycles. The van der Waals surface area contributed by atoms with Crippen molar-refractivity contribution in [2.75, 3.05) is 13.2 Å². The zero-order valence-corrected chi connectivity index (χ0v) is 10.2. The Labute approximate surface area is 109 Å². The second kappa shape index (κ2) is 5.21. The molecule has 102 valence electrons. The fourth-order valence-corrected chi connectivity index (χ4v) is 2.35. The maximum Gasteiger partial charge on any atom is 0.326 e. The number of esters is 1. The maximum atomic E-state index is 12.0. The second-order valence-corrected chi connectivity index (χ2v) is 4.55. The van der Waals surface area contributed by atoms with Crippen LogP contribution in [0.1, 0.15) is 12.8 Å². The van der Waals surface area contributed by atoms with Gasteiger partial charge in [0.2, 0.25) is 11.8 Å². The van der Waals surface area contributed by atoms with Gasteiger partial charge in [0.05, 0.1) is 11.8 Å². The van der Waals surface area contributed by atoms with E-state index in [0.29, 0.717) is 12.8 Å². The van der Waals surface area contributed by atoms with Gasteiger partial charge in [-0.3, -0.25) is 24.1 Å². The van der Waals surface area contributed by atoms with Crippen molar-refractivity contribution < 1.29 is 23.9 Å². The molecule has 2 atom stereocenters. The molecule has 0 radical (unpaired) electrons. The van der Waals surface area contributed by atoms with Crippen molar-refractivity contribution in [1.82, 2.24) is 4.90 Å². The lowest BCUT2D eigenvalue weighted by molar-refractivity contribution is -0.154. The number of allylic oxidation sites excluding steroid dienone is 2. The molecule has 19 heavy (non-hydrogen) atoms. The molecule has 2 rings (SSSR count). The largest absolute Gasteiger partial charge is 0.454 e. The van der Waals surface area contributed by atoms with E-state index in [4.69, 9.17) is 5.73 Å². The maximum absolute atomic E-state index is 12.0. The lowest BCUT2D eigenvalue weighted by atomic mass is 9.85. The summed E-state index contributed by atoms with van der Waals surface area (Å²) in [5, 5.41) is 0. The van der Waals surface area contributed by atoms with Gasteiger partial charge in [-0.05, 0) is 12.8 Å². The van der Waals surface area contributed by atoms with Crippen LogP contribution < -0.4 is 5.73 Å². The standard InChI is InChI=1S/C12H14N2O5/c13-9(15)6-19-10(16)5-14-11(17)7-3-1-2-4-8(7)12(14)18/h1-2,7-8H,3-6H2,(H2,13,15)/t7-,8-/m1/s1. The van der Waals surface area contributed by atoms with Crippen LogP contribution >= 0.6 is 0 Å². The summed E-state index contributed by atoms with van der Waals surface area (Å²) in [6.45, 7) is -1.01. The van der Waals surface area contributed by atoms with Crippen molar-refractivity contribution in [3.05, 3.63) is 12.2 Å². The zero-order valence-electron chi connectivity index (χ0n) is 10.2. The summed E-state index contributed by atoms with van der Waals surface area (Å²) in [5.74, 6) is -3.05. The average Bonchev–Trinajstić information content (AvgIpc) is 2.62. The number of primary amides is 1. The highest BCUT2D eigenvalue weighted by Crippen LogP contribution is 2.34. The van der Waals surface area contributed by atoms with Gasteiger partial charge in [-0.15, -0.1) is 0 Å². The summed E-state index contributed by atoms with van der Waals surface area (Å²) in [5.41, 5.74) is 4.83. The average molecular weight is 266 g/mol. The Morgan fingerprint density at radius 2 is 1.74 bits per heavy atom. The Bertz CT molecular complexity index is 445. The minimum Gasteiger partial charge on any atom is -0.454 e. The molecule has 0 spiro atoms. The molecule has 1 aliphatic carbocycles. The molecule has 0 aromatic rings. The second-order valence-electron chi connectivity index (χ2n) is 4.55. The van der Waals surface area contributed by atoms with Crippen LogP contribution in [0.25, 0.3) is 0 Å². The number of imide groups is 1. The van der Waals surface area contributed by atoms with Gasteiger partial charge in [0, 0.05) is 0 Å². The van der Waals surface area contributed by atoms with Crippen LogP contribution in [0.5, 0.6) is 0 Å². The van der Waals surface area contributed by atoms with Gasteiger partial charge in [0.1, 0.15) is 6.54 Å².